The van der Waals surface area contributed by atoms with Gasteiger partial charge < -0.3 is 0 Å². The van der Waals surface area contributed by atoms with E-state index in [1.165, 1.54) is 16.0 Å². The highest BCUT2D eigenvalue weighted by Crippen LogP contribution is 2.42. The SMILES string of the molecule is N#CC1(Cc2ccc(Br)s2)CCc2ccccc21. The highest BCUT2D eigenvalue weighted by molar-refractivity contribution is 9.11. The van der Waals surface area contributed by atoms with Crippen LogP contribution < -0.4 is 0 Å². The molecule has 0 N–H and O–H groups in total. The van der Waals surface area contributed by atoms with Crippen molar-refractivity contribution < 1.29 is 0 Å². The van der Waals surface area contributed by atoms with E-state index in [2.05, 4.69) is 52.3 Å². The van der Waals surface area contributed by atoms with Gasteiger partial charge in [0.15, 0.2) is 0 Å². The largest absolute Gasteiger partial charge is 0.197 e. The number of rotatable bonds is 2. The maximum Gasteiger partial charge on any atom is 0.0876 e. The van der Waals surface area contributed by atoms with Gasteiger partial charge in [-0.2, -0.15) is 5.26 Å². The Balaban J connectivity index is 2.00. The maximum atomic E-state index is 9.67. The van der Waals surface area contributed by atoms with E-state index in [1.807, 2.05) is 6.07 Å². The van der Waals surface area contributed by atoms with Crippen molar-refractivity contribution >= 4 is 27.3 Å². The molecule has 0 fully saturated rings. The molecule has 0 radical (unpaired) electrons. The Labute approximate surface area is 119 Å². The van der Waals surface area contributed by atoms with Gasteiger partial charge >= 0.3 is 0 Å². The standard InChI is InChI=1S/C15H12BrNS/c16-14-6-5-12(18-14)9-15(10-17)8-7-11-3-1-2-4-13(11)15/h1-6H,7-9H2. The smallest absolute Gasteiger partial charge is 0.0876 e. The summed E-state index contributed by atoms with van der Waals surface area (Å²) in [6.07, 6.45) is 2.80. The molecule has 1 nitrogen and oxygen atoms in total. The summed E-state index contributed by atoms with van der Waals surface area (Å²) in [7, 11) is 0. The highest BCUT2D eigenvalue weighted by Gasteiger charge is 2.39. The highest BCUT2D eigenvalue weighted by atomic mass is 79.9. The van der Waals surface area contributed by atoms with Crippen molar-refractivity contribution in [3.05, 3.63) is 56.2 Å². The van der Waals surface area contributed by atoms with Gasteiger partial charge in [-0.05, 0) is 52.0 Å². The van der Waals surface area contributed by atoms with Crippen LogP contribution in [0, 0.1) is 11.3 Å². The van der Waals surface area contributed by atoms with Gasteiger partial charge in [-0.3, -0.25) is 0 Å². The molecule has 2 aromatic rings. The summed E-state index contributed by atoms with van der Waals surface area (Å²) in [4.78, 5) is 1.28. The predicted octanol–water partition coefficient (Wildman–Crippen LogP) is 4.46. The monoisotopic (exact) mass is 317 g/mol. The second-order valence-electron chi connectivity index (χ2n) is 4.73. The normalized spacial score (nSPS) is 21.6. The first-order valence-corrected chi connectivity index (χ1v) is 7.58. The molecule has 0 spiro atoms. The first-order valence-electron chi connectivity index (χ1n) is 5.97. The van der Waals surface area contributed by atoms with E-state index >= 15 is 0 Å². The first kappa shape index (κ1) is 12.0. The van der Waals surface area contributed by atoms with Gasteiger partial charge in [0.2, 0.25) is 0 Å². The zero-order valence-electron chi connectivity index (χ0n) is 9.82. The van der Waals surface area contributed by atoms with Crippen LogP contribution in [0.3, 0.4) is 0 Å². The van der Waals surface area contributed by atoms with Gasteiger partial charge in [0.05, 0.1) is 15.3 Å². The molecule has 1 heterocycles. The number of hydrogen-bond donors (Lipinski definition) is 0. The summed E-state index contributed by atoms with van der Waals surface area (Å²) in [5.41, 5.74) is 2.26. The van der Waals surface area contributed by atoms with Crippen molar-refractivity contribution in [2.45, 2.75) is 24.7 Å². The van der Waals surface area contributed by atoms with E-state index in [1.54, 1.807) is 11.3 Å². The molecule has 0 saturated carbocycles. The summed E-state index contributed by atoms with van der Waals surface area (Å²) in [5, 5.41) is 9.67. The number of nitrogens with zero attached hydrogens (tertiary/aromatic N) is 1. The maximum absolute atomic E-state index is 9.67. The molecule has 1 unspecified atom stereocenters. The summed E-state index contributed by atoms with van der Waals surface area (Å²) in [6, 6.07) is 15.1. The number of hydrogen-bond acceptors (Lipinski definition) is 2. The second kappa shape index (κ2) is 4.53. The first-order chi connectivity index (χ1) is 8.73. The number of nitriles is 1. The lowest BCUT2D eigenvalue weighted by Crippen LogP contribution is -2.23. The molecule has 1 atom stereocenters. The van der Waals surface area contributed by atoms with Gasteiger partial charge in [0.25, 0.3) is 0 Å². The zero-order chi connectivity index (χ0) is 12.6. The van der Waals surface area contributed by atoms with Crippen LogP contribution in [0.25, 0.3) is 0 Å². The topological polar surface area (TPSA) is 23.8 Å². The van der Waals surface area contributed by atoms with Crippen molar-refractivity contribution in [3.8, 4) is 6.07 Å². The molecule has 3 rings (SSSR count). The molecular weight excluding hydrogens is 306 g/mol. The van der Waals surface area contributed by atoms with Crippen molar-refractivity contribution in [1.82, 2.24) is 0 Å². The Kier molecular flexibility index (Phi) is 3.01. The molecule has 90 valence electrons. The van der Waals surface area contributed by atoms with Crippen LogP contribution in [0.4, 0.5) is 0 Å². The molecule has 1 aromatic heterocycles. The van der Waals surface area contributed by atoms with Crippen molar-refractivity contribution in [2.75, 3.05) is 0 Å². The van der Waals surface area contributed by atoms with Crippen LogP contribution in [0.15, 0.2) is 40.2 Å². The van der Waals surface area contributed by atoms with Crippen LogP contribution >= 0.6 is 27.3 Å². The third-order valence-electron chi connectivity index (χ3n) is 3.67. The van der Waals surface area contributed by atoms with Crippen LogP contribution in [0.5, 0.6) is 0 Å². The van der Waals surface area contributed by atoms with Crippen LogP contribution in [0.1, 0.15) is 22.4 Å². The lowest BCUT2D eigenvalue weighted by molar-refractivity contribution is 0.545. The van der Waals surface area contributed by atoms with Crippen LogP contribution in [0.2, 0.25) is 0 Å². The van der Waals surface area contributed by atoms with Crippen molar-refractivity contribution in [1.29, 1.82) is 5.26 Å². The summed E-state index contributed by atoms with van der Waals surface area (Å²) in [5.74, 6) is 0. The lowest BCUT2D eigenvalue weighted by Gasteiger charge is -2.21. The van der Waals surface area contributed by atoms with Crippen LogP contribution in [-0.2, 0) is 18.3 Å². The molecule has 1 aromatic carbocycles. The molecule has 0 amide bonds. The summed E-state index contributed by atoms with van der Waals surface area (Å²) < 4.78 is 1.14. The van der Waals surface area contributed by atoms with Gasteiger partial charge in [-0.1, -0.05) is 24.3 Å². The molecular formula is C15H12BrNS. The third-order valence-corrected chi connectivity index (χ3v) is 5.30. The van der Waals surface area contributed by atoms with E-state index in [4.69, 9.17) is 0 Å². The van der Waals surface area contributed by atoms with Gasteiger partial charge in [0.1, 0.15) is 0 Å². The third kappa shape index (κ3) is 1.90. The second-order valence-corrected chi connectivity index (χ2v) is 7.28. The number of thiophene rings is 1. The quantitative estimate of drug-likeness (QED) is 0.802. The number of benzene rings is 1. The molecule has 1 aliphatic rings. The summed E-state index contributed by atoms with van der Waals surface area (Å²) in [6.45, 7) is 0. The number of halogens is 1. The van der Waals surface area contributed by atoms with Gasteiger partial charge in [-0.15, -0.1) is 11.3 Å². The fourth-order valence-electron chi connectivity index (χ4n) is 2.77. The average molecular weight is 318 g/mol. The Bertz CT molecular complexity index is 625. The molecule has 0 aliphatic heterocycles. The zero-order valence-corrected chi connectivity index (χ0v) is 12.2. The Morgan fingerprint density at radius 2 is 2.11 bits per heavy atom. The fraction of sp³-hybridized carbons (Fsp3) is 0.267. The Hall–Kier alpha value is -1.11. The fourth-order valence-corrected chi connectivity index (χ4v) is 4.37. The minimum atomic E-state index is -0.319. The Morgan fingerprint density at radius 1 is 1.28 bits per heavy atom. The molecule has 3 heteroatoms. The van der Waals surface area contributed by atoms with Gasteiger partial charge in [0, 0.05) is 11.3 Å². The van der Waals surface area contributed by atoms with E-state index in [0.29, 0.717) is 0 Å². The van der Waals surface area contributed by atoms with E-state index in [0.717, 1.165) is 23.0 Å². The molecule has 0 saturated heterocycles. The lowest BCUT2D eigenvalue weighted by atomic mass is 9.80. The minimum Gasteiger partial charge on any atom is -0.197 e. The van der Waals surface area contributed by atoms with E-state index in [-0.39, 0.29) is 5.41 Å². The van der Waals surface area contributed by atoms with Crippen LogP contribution in [-0.4, -0.2) is 0 Å². The Morgan fingerprint density at radius 3 is 2.83 bits per heavy atom. The number of aryl methyl sites for hydroxylation is 1. The molecule has 1 aliphatic carbocycles. The minimum absolute atomic E-state index is 0.319. The molecule has 0 bridgehead atoms. The van der Waals surface area contributed by atoms with Crippen molar-refractivity contribution in [3.63, 3.8) is 0 Å². The average Bonchev–Trinajstić information content (AvgIpc) is 2.96. The van der Waals surface area contributed by atoms with E-state index in [9.17, 15) is 5.26 Å². The van der Waals surface area contributed by atoms with Crippen molar-refractivity contribution in [2.24, 2.45) is 0 Å². The molecule has 18 heavy (non-hydrogen) atoms. The van der Waals surface area contributed by atoms with Gasteiger partial charge in [-0.25, -0.2) is 0 Å². The van der Waals surface area contributed by atoms with E-state index < -0.39 is 0 Å². The summed E-state index contributed by atoms with van der Waals surface area (Å²) >= 11 is 5.22. The predicted molar refractivity (Wildman–Crippen MR) is 77.8 cm³/mol. The number of fused-ring (bicyclic) bond motifs is 1.